The molecule has 0 radical (unpaired) electrons. The number of carbonyl (C=O) groups is 1. The van der Waals surface area contributed by atoms with E-state index in [-0.39, 0.29) is 17.7 Å². The molecule has 0 bridgehead atoms. The highest BCUT2D eigenvalue weighted by Crippen LogP contribution is 2.22. The summed E-state index contributed by atoms with van der Waals surface area (Å²) in [6.07, 6.45) is 0. The largest absolute Gasteiger partial charge is 0.324 e. The van der Waals surface area contributed by atoms with Crippen molar-refractivity contribution in [2.24, 2.45) is 0 Å². The van der Waals surface area contributed by atoms with Crippen LogP contribution < -0.4 is 5.32 Å². The van der Waals surface area contributed by atoms with E-state index in [1.54, 1.807) is 16.8 Å². The summed E-state index contributed by atoms with van der Waals surface area (Å²) in [5.41, 5.74) is 0.600. The molecule has 0 aliphatic rings. The first-order chi connectivity index (χ1) is 9.58. The van der Waals surface area contributed by atoms with Crippen molar-refractivity contribution in [1.29, 1.82) is 0 Å². The van der Waals surface area contributed by atoms with E-state index in [1.807, 2.05) is 26.0 Å². The van der Waals surface area contributed by atoms with Crippen LogP contribution in [-0.4, -0.2) is 31.9 Å². The van der Waals surface area contributed by atoms with Crippen LogP contribution >= 0.6 is 23.4 Å². The number of aromatic nitrogens is 4. The van der Waals surface area contributed by atoms with Crippen molar-refractivity contribution in [2.75, 3.05) is 11.1 Å². The van der Waals surface area contributed by atoms with Gasteiger partial charge in [-0.1, -0.05) is 35.5 Å². The second-order valence-electron chi connectivity index (χ2n) is 4.32. The molecule has 0 atom stereocenters. The van der Waals surface area contributed by atoms with E-state index in [9.17, 15) is 4.79 Å². The minimum atomic E-state index is -0.151. The van der Waals surface area contributed by atoms with Crippen LogP contribution in [0.4, 0.5) is 5.69 Å². The smallest absolute Gasteiger partial charge is 0.234 e. The van der Waals surface area contributed by atoms with Crippen molar-refractivity contribution in [1.82, 2.24) is 20.2 Å². The third-order valence-corrected chi connectivity index (χ3v) is 3.70. The van der Waals surface area contributed by atoms with Gasteiger partial charge in [0.2, 0.25) is 11.1 Å². The highest BCUT2D eigenvalue weighted by atomic mass is 35.5. The lowest BCUT2D eigenvalue weighted by Crippen LogP contribution is -2.15. The van der Waals surface area contributed by atoms with Gasteiger partial charge in [0.1, 0.15) is 0 Å². The van der Waals surface area contributed by atoms with Crippen LogP contribution in [-0.2, 0) is 4.79 Å². The number of hydrogen-bond donors (Lipinski definition) is 1. The molecule has 8 heteroatoms. The van der Waals surface area contributed by atoms with Gasteiger partial charge in [-0.15, -0.1) is 5.10 Å². The molecule has 0 aliphatic carbocycles. The molecule has 1 N–H and O–H groups in total. The number of benzene rings is 1. The molecule has 0 fully saturated rings. The van der Waals surface area contributed by atoms with Crippen molar-refractivity contribution in [3.05, 3.63) is 29.3 Å². The van der Waals surface area contributed by atoms with Gasteiger partial charge in [0.15, 0.2) is 0 Å². The van der Waals surface area contributed by atoms with Crippen molar-refractivity contribution >= 4 is 35.0 Å². The Kier molecular flexibility index (Phi) is 4.97. The summed E-state index contributed by atoms with van der Waals surface area (Å²) in [5, 5.41) is 15.3. The Labute approximate surface area is 125 Å². The first-order valence-electron chi connectivity index (χ1n) is 6.03. The van der Waals surface area contributed by atoms with E-state index in [0.717, 1.165) is 0 Å². The van der Waals surface area contributed by atoms with Crippen LogP contribution in [0.1, 0.15) is 19.9 Å². The normalized spacial score (nSPS) is 10.8. The standard InChI is InChI=1S/C12H14ClN5OS/c1-8(2)18-12(15-16-17-18)20-7-11(19)14-10-6-4-3-5-9(10)13/h3-6,8H,7H2,1-2H3,(H,14,19). The Bertz CT molecular complexity index is 601. The molecular weight excluding hydrogens is 298 g/mol. The van der Waals surface area contributed by atoms with Crippen molar-refractivity contribution in [3.8, 4) is 0 Å². The van der Waals surface area contributed by atoms with Crippen molar-refractivity contribution < 1.29 is 4.79 Å². The van der Waals surface area contributed by atoms with Gasteiger partial charge in [-0.2, -0.15) is 0 Å². The number of nitrogens with one attached hydrogen (secondary N) is 1. The number of thioether (sulfide) groups is 1. The van der Waals surface area contributed by atoms with E-state index < -0.39 is 0 Å². The van der Waals surface area contributed by atoms with Crippen molar-refractivity contribution in [3.63, 3.8) is 0 Å². The summed E-state index contributed by atoms with van der Waals surface area (Å²) in [7, 11) is 0. The third kappa shape index (κ3) is 3.71. The molecule has 2 rings (SSSR count). The predicted octanol–water partition coefficient (Wildman–Crippen LogP) is 2.64. The molecule has 20 heavy (non-hydrogen) atoms. The lowest BCUT2D eigenvalue weighted by atomic mass is 10.3. The third-order valence-electron chi connectivity index (χ3n) is 2.43. The quantitative estimate of drug-likeness (QED) is 0.859. The number of tetrazole rings is 1. The Morgan fingerprint density at radius 3 is 2.90 bits per heavy atom. The Morgan fingerprint density at radius 1 is 1.45 bits per heavy atom. The van der Waals surface area contributed by atoms with Gasteiger partial charge in [0.25, 0.3) is 0 Å². The fraction of sp³-hybridized carbons (Fsp3) is 0.333. The molecule has 0 saturated carbocycles. The molecule has 1 aromatic heterocycles. The number of hydrogen-bond acceptors (Lipinski definition) is 5. The van der Waals surface area contributed by atoms with Gasteiger partial charge in [-0.05, 0) is 36.4 Å². The van der Waals surface area contributed by atoms with Gasteiger partial charge < -0.3 is 5.32 Å². The maximum atomic E-state index is 11.9. The average Bonchev–Trinajstić information content (AvgIpc) is 2.88. The minimum absolute atomic E-state index is 0.151. The molecule has 1 amide bonds. The molecule has 0 aliphatic heterocycles. The van der Waals surface area contributed by atoms with Gasteiger partial charge in [0.05, 0.1) is 22.5 Å². The van der Waals surface area contributed by atoms with Gasteiger partial charge in [-0.25, -0.2) is 4.68 Å². The average molecular weight is 312 g/mol. The van der Waals surface area contributed by atoms with E-state index in [4.69, 9.17) is 11.6 Å². The van der Waals surface area contributed by atoms with E-state index >= 15 is 0 Å². The SMILES string of the molecule is CC(C)n1nnnc1SCC(=O)Nc1ccccc1Cl. The zero-order valence-corrected chi connectivity index (χ0v) is 12.6. The highest BCUT2D eigenvalue weighted by molar-refractivity contribution is 7.99. The molecule has 2 aromatic rings. The highest BCUT2D eigenvalue weighted by Gasteiger charge is 2.12. The number of amides is 1. The molecule has 1 aromatic carbocycles. The number of carbonyl (C=O) groups excluding carboxylic acids is 1. The summed E-state index contributed by atoms with van der Waals surface area (Å²) in [6, 6.07) is 7.25. The van der Waals surface area contributed by atoms with E-state index in [0.29, 0.717) is 15.9 Å². The first kappa shape index (κ1) is 14.8. The van der Waals surface area contributed by atoms with Crippen LogP contribution in [0.5, 0.6) is 0 Å². The summed E-state index contributed by atoms with van der Waals surface area (Å²) in [4.78, 5) is 11.9. The summed E-state index contributed by atoms with van der Waals surface area (Å²) in [5.74, 6) is 0.0691. The Hall–Kier alpha value is -1.60. The minimum Gasteiger partial charge on any atom is -0.324 e. The lowest BCUT2D eigenvalue weighted by molar-refractivity contribution is -0.113. The molecular formula is C12H14ClN5OS. The summed E-state index contributed by atoms with van der Waals surface area (Å²) < 4.78 is 1.67. The topological polar surface area (TPSA) is 72.7 Å². The predicted molar refractivity (Wildman–Crippen MR) is 79.0 cm³/mol. The number of rotatable bonds is 5. The van der Waals surface area contributed by atoms with Gasteiger partial charge in [0, 0.05) is 0 Å². The fourth-order valence-corrected chi connectivity index (χ4v) is 2.47. The first-order valence-corrected chi connectivity index (χ1v) is 7.39. The zero-order valence-electron chi connectivity index (χ0n) is 11.1. The molecule has 0 unspecified atom stereocenters. The second-order valence-corrected chi connectivity index (χ2v) is 5.67. The second kappa shape index (κ2) is 6.71. The van der Waals surface area contributed by atoms with Gasteiger partial charge in [-0.3, -0.25) is 4.79 Å². The zero-order chi connectivity index (χ0) is 14.5. The van der Waals surface area contributed by atoms with E-state index in [2.05, 4.69) is 20.8 Å². The van der Waals surface area contributed by atoms with Crippen LogP contribution in [0.2, 0.25) is 5.02 Å². The fourth-order valence-electron chi connectivity index (χ4n) is 1.48. The lowest BCUT2D eigenvalue weighted by Gasteiger charge is -2.08. The molecule has 0 spiro atoms. The Morgan fingerprint density at radius 2 is 2.20 bits per heavy atom. The summed E-state index contributed by atoms with van der Waals surface area (Å²) >= 11 is 7.26. The number of para-hydroxylation sites is 1. The maximum absolute atomic E-state index is 11.9. The van der Waals surface area contributed by atoms with Gasteiger partial charge >= 0.3 is 0 Å². The molecule has 106 valence electrons. The Balaban J connectivity index is 1.93. The molecule has 1 heterocycles. The number of anilines is 1. The van der Waals surface area contributed by atoms with Crippen LogP contribution in [0.25, 0.3) is 0 Å². The van der Waals surface area contributed by atoms with Crippen LogP contribution in [0.15, 0.2) is 29.4 Å². The molecule has 0 saturated heterocycles. The number of nitrogens with zero attached hydrogens (tertiary/aromatic N) is 4. The van der Waals surface area contributed by atoms with E-state index in [1.165, 1.54) is 11.8 Å². The monoisotopic (exact) mass is 311 g/mol. The maximum Gasteiger partial charge on any atom is 0.234 e. The van der Waals surface area contributed by atoms with Crippen LogP contribution in [0, 0.1) is 0 Å². The molecule has 6 nitrogen and oxygen atoms in total. The number of halogens is 1. The van der Waals surface area contributed by atoms with Crippen LogP contribution in [0.3, 0.4) is 0 Å². The summed E-state index contributed by atoms with van der Waals surface area (Å²) in [6.45, 7) is 3.95. The van der Waals surface area contributed by atoms with Crippen molar-refractivity contribution in [2.45, 2.75) is 25.0 Å².